The lowest BCUT2D eigenvalue weighted by atomic mass is 10.1. The van der Waals surface area contributed by atoms with Crippen LogP contribution in [-0.4, -0.2) is 40.2 Å². The van der Waals surface area contributed by atoms with E-state index in [0.29, 0.717) is 24.6 Å². The van der Waals surface area contributed by atoms with Gasteiger partial charge in [0.15, 0.2) is 0 Å². The molecule has 1 N–H and O–H groups in total. The molecular formula is C18H23FN4O. The number of halogens is 1. The summed E-state index contributed by atoms with van der Waals surface area (Å²) >= 11 is 0. The van der Waals surface area contributed by atoms with E-state index in [9.17, 15) is 9.18 Å². The molecule has 2 aromatic rings. The molecule has 0 saturated carbocycles. The van der Waals surface area contributed by atoms with Crippen molar-refractivity contribution < 1.29 is 9.18 Å². The SMILES string of the molecule is CCn1cc(C(=O)NC[C@@H]2CCN(Cc3ccccc3F)C2)cn1. The van der Waals surface area contributed by atoms with Crippen LogP contribution in [0.15, 0.2) is 36.7 Å². The maximum absolute atomic E-state index is 13.7. The van der Waals surface area contributed by atoms with E-state index in [1.165, 1.54) is 6.07 Å². The van der Waals surface area contributed by atoms with Gasteiger partial charge >= 0.3 is 0 Å². The number of nitrogens with one attached hydrogen (secondary N) is 1. The Kier molecular flexibility index (Phi) is 5.25. The number of amides is 1. The summed E-state index contributed by atoms with van der Waals surface area (Å²) in [4.78, 5) is 14.4. The van der Waals surface area contributed by atoms with Crippen molar-refractivity contribution in [3.8, 4) is 0 Å². The van der Waals surface area contributed by atoms with Crippen LogP contribution in [0.1, 0.15) is 29.3 Å². The van der Waals surface area contributed by atoms with E-state index in [1.54, 1.807) is 23.1 Å². The second kappa shape index (κ2) is 7.57. The lowest BCUT2D eigenvalue weighted by Crippen LogP contribution is -2.30. The number of benzene rings is 1. The minimum atomic E-state index is -0.151. The van der Waals surface area contributed by atoms with Gasteiger partial charge in [0, 0.05) is 37.9 Å². The Morgan fingerprint density at radius 3 is 3.00 bits per heavy atom. The fraction of sp³-hybridized carbons (Fsp3) is 0.444. The molecule has 0 radical (unpaired) electrons. The molecule has 1 amide bonds. The van der Waals surface area contributed by atoms with Gasteiger partial charge < -0.3 is 5.32 Å². The van der Waals surface area contributed by atoms with E-state index >= 15 is 0 Å². The van der Waals surface area contributed by atoms with Gasteiger partial charge in [0.05, 0.1) is 11.8 Å². The first kappa shape index (κ1) is 16.6. The van der Waals surface area contributed by atoms with Crippen LogP contribution in [0.2, 0.25) is 0 Å². The molecule has 1 aliphatic heterocycles. The van der Waals surface area contributed by atoms with E-state index in [2.05, 4.69) is 15.3 Å². The van der Waals surface area contributed by atoms with Crippen molar-refractivity contribution in [2.45, 2.75) is 26.4 Å². The number of nitrogens with zero attached hydrogens (tertiary/aromatic N) is 3. The Morgan fingerprint density at radius 1 is 1.42 bits per heavy atom. The summed E-state index contributed by atoms with van der Waals surface area (Å²) in [5, 5.41) is 7.10. The zero-order valence-corrected chi connectivity index (χ0v) is 13.9. The molecule has 6 heteroatoms. The van der Waals surface area contributed by atoms with Gasteiger partial charge in [-0.05, 0) is 31.9 Å². The van der Waals surface area contributed by atoms with Crippen LogP contribution in [0, 0.1) is 11.7 Å². The number of hydrogen-bond donors (Lipinski definition) is 1. The minimum Gasteiger partial charge on any atom is -0.352 e. The van der Waals surface area contributed by atoms with Gasteiger partial charge in [-0.25, -0.2) is 4.39 Å². The van der Waals surface area contributed by atoms with Crippen LogP contribution in [0.25, 0.3) is 0 Å². The molecule has 1 aromatic heterocycles. The van der Waals surface area contributed by atoms with Crippen molar-refractivity contribution in [2.75, 3.05) is 19.6 Å². The molecule has 1 aliphatic rings. The average molecular weight is 330 g/mol. The molecule has 0 bridgehead atoms. The maximum Gasteiger partial charge on any atom is 0.254 e. The van der Waals surface area contributed by atoms with Gasteiger partial charge in [-0.2, -0.15) is 5.10 Å². The standard InChI is InChI=1S/C18H23FN4O/c1-2-23-13-16(10-21-23)18(24)20-9-14-7-8-22(11-14)12-15-5-3-4-6-17(15)19/h3-6,10,13-14H,2,7-9,11-12H2,1H3,(H,20,24)/t14-/m0/s1. The normalized spacial score (nSPS) is 18.0. The lowest BCUT2D eigenvalue weighted by Gasteiger charge is -2.16. The summed E-state index contributed by atoms with van der Waals surface area (Å²) in [5.41, 5.74) is 1.33. The number of carbonyl (C=O) groups is 1. The van der Waals surface area contributed by atoms with Crippen molar-refractivity contribution in [3.05, 3.63) is 53.6 Å². The largest absolute Gasteiger partial charge is 0.352 e. The first-order valence-corrected chi connectivity index (χ1v) is 8.42. The molecule has 24 heavy (non-hydrogen) atoms. The zero-order chi connectivity index (χ0) is 16.9. The van der Waals surface area contributed by atoms with E-state index in [4.69, 9.17) is 0 Å². The Morgan fingerprint density at radius 2 is 2.25 bits per heavy atom. The molecule has 3 rings (SSSR count). The number of hydrogen-bond acceptors (Lipinski definition) is 3. The van der Waals surface area contributed by atoms with Crippen LogP contribution < -0.4 is 5.32 Å². The molecular weight excluding hydrogens is 307 g/mol. The molecule has 5 nitrogen and oxygen atoms in total. The summed E-state index contributed by atoms with van der Waals surface area (Å²) in [6.45, 7) is 5.81. The molecule has 1 atom stereocenters. The Balaban J connectivity index is 1.46. The Hall–Kier alpha value is -2.21. The smallest absolute Gasteiger partial charge is 0.254 e. The summed E-state index contributed by atoms with van der Waals surface area (Å²) in [6, 6.07) is 6.90. The maximum atomic E-state index is 13.7. The van der Waals surface area contributed by atoms with Crippen LogP contribution >= 0.6 is 0 Å². The van der Waals surface area contributed by atoms with E-state index in [0.717, 1.165) is 31.6 Å². The van der Waals surface area contributed by atoms with E-state index in [1.807, 2.05) is 19.1 Å². The highest BCUT2D eigenvalue weighted by atomic mass is 19.1. The number of aromatic nitrogens is 2. The summed E-state index contributed by atoms with van der Waals surface area (Å²) in [6.07, 6.45) is 4.37. The van der Waals surface area contributed by atoms with Gasteiger partial charge in [0.1, 0.15) is 5.82 Å². The highest BCUT2D eigenvalue weighted by molar-refractivity contribution is 5.93. The third kappa shape index (κ3) is 4.00. The first-order valence-electron chi connectivity index (χ1n) is 8.42. The fourth-order valence-corrected chi connectivity index (χ4v) is 3.08. The van der Waals surface area contributed by atoms with Crippen LogP contribution in [0.3, 0.4) is 0 Å². The van der Waals surface area contributed by atoms with Crippen LogP contribution in [0.5, 0.6) is 0 Å². The van der Waals surface area contributed by atoms with Crippen LogP contribution in [0.4, 0.5) is 4.39 Å². The molecule has 2 heterocycles. The predicted molar refractivity (Wildman–Crippen MR) is 90.0 cm³/mol. The molecule has 0 spiro atoms. The molecule has 128 valence electrons. The van der Waals surface area contributed by atoms with Crippen molar-refractivity contribution in [3.63, 3.8) is 0 Å². The highest BCUT2D eigenvalue weighted by Gasteiger charge is 2.23. The molecule has 1 saturated heterocycles. The molecule has 1 aromatic carbocycles. The number of carbonyl (C=O) groups excluding carboxylic acids is 1. The third-order valence-corrected chi connectivity index (χ3v) is 4.49. The quantitative estimate of drug-likeness (QED) is 0.884. The average Bonchev–Trinajstić information content (AvgIpc) is 3.24. The van der Waals surface area contributed by atoms with Crippen molar-refractivity contribution >= 4 is 5.91 Å². The number of likely N-dealkylation sites (tertiary alicyclic amines) is 1. The highest BCUT2D eigenvalue weighted by Crippen LogP contribution is 2.19. The fourth-order valence-electron chi connectivity index (χ4n) is 3.08. The second-order valence-corrected chi connectivity index (χ2v) is 6.28. The summed E-state index contributed by atoms with van der Waals surface area (Å²) in [7, 11) is 0. The second-order valence-electron chi connectivity index (χ2n) is 6.28. The van der Waals surface area contributed by atoms with Gasteiger partial charge in [-0.15, -0.1) is 0 Å². The minimum absolute atomic E-state index is 0.0812. The predicted octanol–water partition coefficient (Wildman–Crippen LogP) is 2.29. The number of rotatable bonds is 6. The van der Waals surface area contributed by atoms with Gasteiger partial charge in [0.25, 0.3) is 5.91 Å². The van der Waals surface area contributed by atoms with Gasteiger partial charge in [-0.3, -0.25) is 14.4 Å². The third-order valence-electron chi connectivity index (χ3n) is 4.49. The van der Waals surface area contributed by atoms with Crippen molar-refractivity contribution in [2.24, 2.45) is 5.92 Å². The molecule has 1 fully saturated rings. The Labute approximate surface area is 141 Å². The first-order chi connectivity index (χ1) is 11.7. The van der Waals surface area contributed by atoms with Crippen molar-refractivity contribution in [1.29, 1.82) is 0 Å². The van der Waals surface area contributed by atoms with Gasteiger partial charge in [0.2, 0.25) is 0 Å². The zero-order valence-electron chi connectivity index (χ0n) is 13.9. The topological polar surface area (TPSA) is 50.2 Å². The summed E-state index contributed by atoms with van der Waals surface area (Å²) in [5.74, 6) is 0.173. The van der Waals surface area contributed by atoms with Crippen LogP contribution in [-0.2, 0) is 13.1 Å². The lowest BCUT2D eigenvalue weighted by molar-refractivity contribution is 0.0947. The number of aryl methyl sites for hydroxylation is 1. The van der Waals surface area contributed by atoms with Gasteiger partial charge in [-0.1, -0.05) is 18.2 Å². The molecule has 0 aliphatic carbocycles. The molecule has 0 unspecified atom stereocenters. The summed E-state index contributed by atoms with van der Waals surface area (Å²) < 4.78 is 15.5. The Bertz CT molecular complexity index is 700. The monoisotopic (exact) mass is 330 g/mol. The van der Waals surface area contributed by atoms with E-state index < -0.39 is 0 Å². The van der Waals surface area contributed by atoms with E-state index in [-0.39, 0.29) is 11.7 Å². The van der Waals surface area contributed by atoms with Crippen molar-refractivity contribution in [1.82, 2.24) is 20.0 Å².